The summed E-state index contributed by atoms with van der Waals surface area (Å²) >= 11 is 6.15. The number of likely N-dealkylation sites (tertiary alicyclic amines) is 1. The maximum atomic E-state index is 12.6. The molecule has 5 rings (SSSR count). The number of carbonyl (C=O) groups excluding carboxylic acids is 1. The minimum atomic E-state index is -0.543. The molecular weight excluding hydrogens is 528 g/mol. The van der Waals surface area contributed by atoms with Crippen LogP contribution in [0, 0.1) is 11.3 Å². The number of hydrogen-bond donors (Lipinski definition) is 1. The molecule has 9 nitrogen and oxygen atoms in total. The van der Waals surface area contributed by atoms with Crippen molar-refractivity contribution in [2.75, 3.05) is 13.1 Å². The highest BCUT2D eigenvalue weighted by Gasteiger charge is 2.31. The van der Waals surface area contributed by atoms with Crippen molar-refractivity contribution >= 4 is 17.7 Å². The Kier molecular flexibility index (Phi) is 7.71. The number of hydrogen-bond acceptors (Lipinski definition) is 7. The third kappa shape index (κ3) is 6.08. The van der Waals surface area contributed by atoms with E-state index in [1.54, 1.807) is 35.4 Å². The summed E-state index contributed by atoms with van der Waals surface area (Å²) in [6, 6.07) is 18.5. The number of nitrogens with zero attached hydrogens (tertiary/aromatic N) is 5. The third-order valence-electron chi connectivity index (χ3n) is 6.57. The van der Waals surface area contributed by atoms with Gasteiger partial charge in [-0.2, -0.15) is 15.3 Å². The number of amides is 1. The van der Waals surface area contributed by atoms with Crippen LogP contribution in [0.25, 0.3) is 22.5 Å². The fourth-order valence-corrected chi connectivity index (χ4v) is 4.81. The number of ether oxygens (including phenoxy) is 2. The number of piperidine rings is 1. The van der Waals surface area contributed by atoms with Gasteiger partial charge in [-0.05, 0) is 63.9 Å². The number of aromatic amines is 1. The monoisotopic (exact) mass is 556 g/mol. The van der Waals surface area contributed by atoms with Crippen LogP contribution in [0.3, 0.4) is 0 Å². The number of nitrogens with one attached hydrogen (secondary N) is 1. The smallest absolute Gasteiger partial charge is 0.410 e. The van der Waals surface area contributed by atoms with Gasteiger partial charge in [0.25, 0.3) is 0 Å². The standard InChI is InChI=1S/C30H29ClN6O3/c1-30(2,3)40-29(38)37-16-13-20(14-17-37)27-25(26(35-36-27)19-8-10-22(31)11-9-19)23-12-15-33-28(34-23)39-24-7-5-4-6-21(24)18-32/h4-12,15,20H,13-14,16-17H2,1-3H3,(H,35,36). The van der Waals surface area contributed by atoms with Gasteiger partial charge in [0.2, 0.25) is 0 Å². The third-order valence-corrected chi connectivity index (χ3v) is 6.82. The molecule has 1 aliphatic rings. The van der Waals surface area contributed by atoms with E-state index in [9.17, 15) is 10.1 Å². The van der Waals surface area contributed by atoms with Gasteiger partial charge in [0.1, 0.15) is 23.1 Å². The van der Waals surface area contributed by atoms with Gasteiger partial charge in [0.05, 0.1) is 11.3 Å². The summed E-state index contributed by atoms with van der Waals surface area (Å²) in [6.07, 6.45) is 2.80. The highest BCUT2D eigenvalue weighted by Crippen LogP contribution is 2.40. The summed E-state index contributed by atoms with van der Waals surface area (Å²) in [6.45, 7) is 6.73. The summed E-state index contributed by atoms with van der Waals surface area (Å²) < 4.78 is 11.5. The predicted octanol–water partition coefficient (Wildman–Crippen LogP) is 6.97. The molecule has 0 radical (unpaired) electrons. The summed E-state index contributed by atoms with van der Waals surface area (Å²) in [5.74, 6) is 0.489. The lowest BCUT2D eigenvalue weighted by Crippen LogP contribution is -2.41. The molecule has 40 heavy (non-hydrogen) atoms. The van der Waals surface area contributed by atoms with E-state index in [0.29, 0.717) is 35.1 Å². The van der Waals surface area contributed by atoms with Crippen LogP contribution >= 0.6 is 11.6 Å². The molecule has 0 unspecified atom stereocenters. The van der Waals surface area contributed by atoms with Crippen molar-refractivity contribution in [3.05, 3.63) is 77.1 Å². The zero-order valence-electron chi connectivity index (χ0n) is 22.5. The predicted molar refractivity (Wildman–Crippen MR) is 151 cm³/mol. The summed E-state index contributed by atoms with van der Waals surface area (Å²) in [5, 5.41) is 18.0. The second-order valence-corrected chi connectivity index (χ2v) is 11.0. The van der Waals surface area contributed by atoms with Crippen molar-refractivity contribution < 1.29 is 14.3 Å². The van der Waals surface area contributed by atoms with Crippen molar-refractivity contribution in [3.63, 3.8) is 0 Å². The average molecular weight is 557 g/mol. The number of H-pyrrole nitrogens is 1. The maximum Gasteiger partial charge on any atom is 0.410 e. The first-order valence-corrected chi connectivity index (χ1v) is 13.4. The molecule has 1 N–H and O–H groups in total. The Morgan fingerprint density at radius 1 is 1.10 bits per heavy atom. The van der Waals surface area contributed by atoms with E-state index in [1.165, 1.54) is 0 Å². The summed E-state index contributed by atoms with van der Waals surface area (Å²) in [5.41, 5.74) is 3.84. The van der Waals surface area contributed by atoms with Gasteiger partial charge >= 0.3 is 12.1 Å². The zero-order valence-corrected chi connectivity index (χ0v) is 23.3. The Balaban J connectivity index is 1.48. The van der Waals surface area contributed by atoms with E-state index in [4.69, 9.17) is 31.2 Å². The van der Waals surface area contributed by atoms with E-state index in [2.05, 4.69) is 16.2 Å². The zero-order chi connectivity index (χ0) is 28.3. The fraction of sp³-hybridized carbons (Fsp3) is 0.300. The van der Waals surface area contributed by atoms with E-state index >= 15 is 0 Å². The minimum Gasteiger partial charge on any atom is -0.444 e. The molecule has 0 saturated carbocycles. The molecule has 2 aromatic carbocycles. The molecule has 4 aromatic rings. The largest absolute Gasteiger partial charge is 0.444 e. The first-order valence-electron chi connectivity index (χ1n) is 13.0. The van der Waals surface area contributed by atoms with E-state index < -0.39 is 5.60 Å². The molecule has 0 bridgehead atoms. The van der Waals surface area contributed by atoms with E-state index in [0.717, 1.165) is 35.4 Å². The molecule has 3 heterocycles. The Hall–Kier alpha value is -4.42. The van der Waals surface area contributed by atoms with Crippen molar-refractivity contribution in [1.82, 2.24) is 25.1 Å². The number of aromatic nitrogens is 4. The quantitative estimate of drug-likeness (QED) is 0.282. The van der Waals surface area contributed by atoms with Crippen LogP contribution in [0.5, 0.6) is 11.8 Å². The van der Waals surface area contributed by atoms with Gasteiger partial charge in [-0.15, -0.1) is 0 Å². The van der Waals surface area contributed by atoms with Gasteiger partial charge in [-0.3, -0.25) is 5.10 Å². The number of nitriles is 1. The van der Waals surface area contributed by atoms with Crippen LogP contribution in [-0.4, -0.2) is 49.8 Å². The van der Waals surface area contributed by atoms with Gasteiger partial charge in [0, 0.05) is 47.0 Å². The first kappa shape index (κ1) is 27.2. The lowest BCUT2D eigenvalue weighted by Gasteiger charge is -2.33. The fourth-order valence-electron chi connectivity index (χ4n) is 4.68. The molecule has 0 aliphatic carbocycles. The Morgan fingerprint density at radius 2 is 1.82 bits per heavy atom. The van der Waals surface area contributed by atoms with Crippen LogP contribution in [0.4, 0.5) is 4.79 Å². The molecule has 1 aliphatic heterocycles. The molecule has 1 saturated heterocycles. The van der Waals surface area contributed by atoms with Crippen LogP contribution in [0.1, 0.15) is 50.8 Å². The molecule has 10 heteroatoms. The summed E-state index contributed by atoms with van der Waals surface area (Å²) in [7, 11) is 0. The molecule has 0 atom stereocenters. The van der Waals surface area contributed by atoms with Crippen molar-refractivity contribution in [1.29, 1.82) is 5.26 Å². The van der Waals surface area contributed by atoms with E-state index in [-0.39, 0.29) is 18.0 Å². The minimum absolute atomic E-state index is 0.112. The molecule has 1 amide bonds. The maximum absolute atomic E-state index is 12.6. The van der Waals surface area contributed by atoms with Gasteiger partial charge in [0.15, 0.2) is 0 Å². The molecular formula is C30H29ClN6O3. The molecule has 0 spiro atoms. The second kappa shape index (κ2) is 11.4. The Bertz CT molecular complexity index is 1550. The molecule has 204 valence electrons. The van der Waals surface area contributed by atoms with Crippen LogP contribution in [-0.2, 0) is 4.74 Å². The van der Waals surface area contributed by atoms with Crippen LogP contribution in [0.15, 0.2) is 60.8 Å². The number of halogens is 1. The number of carbonyl (C=O) groups is 1. The summed E-state index contributed by atoms with van der Waals surface area (Å²) in [4.78, 5) is 23.4. The normalized spacial score (nSPS) is 14.0. The van der Waals surface area contributed by atoms with Gasteiger partial charge in [-0.25, -0.2) is 9.78 Å². The number of rotatable bonds is 5. The second-order valence-electron chi connectivity index (χ2n) is 10.5. The van der Waals surface area contributed by atoms with Gasteiger partial charge in [-0.1, -0.05) is 35.9 Å². The molecule has 1 fully saturated rings. The average Bonchev–Trinajstić information content (AvgIpc) is 3.38. The highest BCUT2D eigenvalue weighted by atomic mass is 35.5. The lowest BCUT2D eigenvalue weighted by atomic mass is 9.89. The molecule has 2 aromatic heterocycles. The van der Waals surface area contributed by atoms with E-state index in [1.807, 2.05) is 51.1 Å². The van der Waals surface area contributed by atoms with Gasteiger partial charge < -0.3 is 14.4 Å². The van der Waals surface area contributed by atoms with Crippen LogP contribution in [0.2, 0.25) is 5.02 Å². The number of para-hydroxylation sites is 1. The topological polar surface area (TPSA) is 117 Å². The van der Waals surface area contributed by atoms with Crippen LogP contribution < -0.4 is 4.74 Å². The first-order chi connectivity index (χ1) is 19.2. The Morgan fingerprint density at radius 3 is 2.52 bits per heavy atom. The SMILES string of the molecule is CC(C)(C)OC(=O)N1CCC(c2[nH]nc(-c3ccc(Cl)cc3)c2-c2ccnc(Oc3ccccc3C#N)n2)CC1. The van der Waals surface area contributed by atoms with Crippen molar-refractivity contribution in [3.8, 4) is 40.3 Å². The van der Waals surface area contributed by atoms with Crippen molar-refractivity contribution in [2.24, 2.45) is 0 Å². The highest BCUT2D eigenvalue weighted by molar-refractivity contribution is 6.30. The van der Waals surface area contributed by atoms with Crippen molar-refractivity contribution in [2.45, 2.75) is 45.1 Å². The Labute approximate surface area is 237 Å². The number of benzene rings is 2. The lowest BCUT2D eigenvalue weighted by molar-refractivity contribution is 0.0204.